The third-order valence-electron chi connectivity index (χ3n) is 2.90. The Labute approximate surface area is 129 Å². The lowest BCUT2D eigenvalue weighted by Gasteiger charge is -2.00. The van der Waals surface area contributed by atoms with Gasteiger partial charge >= 0.3 is 0 Å². The number of carbonyl (C=O) groups excluding carboxylic acids is 1. The summed E-state index contributed by atoms with van der Waals surface area (Å²) < 4.78 is 0. The Kier molecular flexibility index (Phi) is 3.56. The lowest BCUT2D eigenvalue weighted by molar-refractivity contribution is 0.103. The molecule has 3 N–H and O–H groups in total. The minimum Gasteiger partial charge on any atom is -0.396 e. The third kappa shape index (κ3) is 2.59. The number of nitrogens with one attached hydrogen (secondary N) is 1. The molecule has 0 saturated carbocycles. The van der Waals surface area contributed by atoms with Crippen LogP contribution in [0.25, 0.3) is 10.3 Å². The number of hydrogen-bond donors (Lipinski definition) is 2. The average molecular weight is 319 g/mol. The van der Waals surface area contributed by atoms with Gasteiger partial charge in [-0.3, -0.25) is 10.1 Å². The second kappa shape index (κ2) is 5.38. The van der Waals surface area contributed by atoms with E-state index in [1.807, 2.05) is 5.38 Å². The lowest BCUT2D eigenvalue weighted by atomic mass is 10.2. The van der Waals surface area contributed by atoms with Crippen LogP contribution in [0.15, 0.2) is 17.8 Å². The average Bonchev–Trinajstić information content (AvgIpc) is 3.05. The summed E-state index contributed by atoms with van der Waals surface area (Å²) in [5, 5.41) is 5.29. The number of carbonyl (C=O) groups is 1. The Balaban J connectivity index is 1.88. The maximum Gasteiger partial charge on any atom is 0.269 e. The Morgan fingerprint density at radius 1 is 1.33 bits per heavy atom. The number of aromatic nitrogens is 3. The smallest absolute Gasteiger partial charge is 0.269 e. The number of amides is 1. The largest absolute Gasteiger partial charge is 0.396 e. The first-order chi connectivity index (χ1) is 10.1. The fourth-order valence-corrected chi connectivity index (χ4v) is 3.56. The minimum atomic E-state index is -0.276. The molecular weight excluding hydrogens is 306 g/mol. The summed E-state index contributed by atoms with van der Waals surface area (Å²) in [7, 11) is 0. The molecule has 3 rings (SSSR count). The Bertz CT molecular complexity index is 808. The first-order valence-corrected chi connectivity index (χ1v) is 8.01. The number of nitrogens with zero attached hydrogens (tertiary/aromatic N) is 3. The molecule has 21 heavy (non-hydrogen) atoms. The molecule has 0 aromatic carbocycles. The van der Waals surface area contributed by atoms with Gasteiger partial charge in [0.05, 0.1) is 11.4 Å². The molecule has 3 heterocycles. The van der Waals surface area contributed by atoms with E-state index in [9.17, 15) is 4.79 Å². The molecular formula is C13H13N5OS2. The van der Waals surface area contributed by atoms with E-state index in [4.69, 9.17) is 5.73 Å². The van der Waals surface area contributed by atoms with Crippen LogP contribution in [0.3, 0.4) is 0 Å². The number of nitrogens with two attached hydrogens (primary N) is 1. The topological polar surface area (TPSA) is 93.8 Å². The van der Waals surface area contributed by atoms with Gasteiger partial charge in [0.1, 0.15) is 15.2 Å². The van der Waals surface area contributed by atoms with Gasteiger partial charge in [0, 0.05) is 17.8 Å². The molecule has 1 amide bonds. The van der Waals surface area contributed by atoms with Crippen LogP contribution in [0, 0.1) is 0 Å². The SMILES string of the molecule is CC(C)c1csc(NC(=O)c2sc3nccnc3c2N)n1. The predicted molar refractivity (Wildman–Crippen MR) is 86.0 cm³/mol. The highest BCUT2D eigenvalue weighted by molar-refractivity contribution is 7.21. The number of nitrogen functional groups attached to an aromatic ring is 1. The van der Waals surface area contributed by atoms with Crippen LogP contribution >= 0.6 is 22.7 Å². The van der Waals surface area contributed by atoms with Crippen molar-refractivity contribution >= 4 is 49.7 Å². The van der Waals surface area contributed by atoms with E-state index >= 15 is 0 Å². The van der Waals surface area contributed by atoms with Gasteiger partial charge < -0.3 is 5.73 Å². The summed E-state index contributed by atoms with van der Waals surface area (Å²) in [6.07, 6.45) is 3.14. The van der Waals surface area contributed by atoms with Gasteiger partial charge in [-0.05, 0) is 5.92 Å². The first-order valence-electron chi connectivity index (χ1n) is 6.32. The highest BCUT2D eigenvalue weighted by atomic mass is 32.1. The van der Waals surface area contributed by atoms with Crippen molar-refractivity contribution in [3.8, 4) is 0 Å². The van der Waals surface area contributed by atoms with Gasteiger partial charge in [-0.1, -0.05) is 13.8 Å². The maximum atomic E-state index is 12.3. The summed E-state index contributed by atoms with van der Waals surface area (Å²) >= 11 is 2.63. The zero-order valence-corrected chi connectivity index (χ0v) is 13.1. The molecule has 0 aliphatic rings. The third-order valence-corrected chi connectivity index (χ3v) is 4.78. The van der Waals surface area contributed by atoms with Crippen LogP contribution in [0.2, 0.25) is 0 Å². The standard InChI is InChI=1S/C13H13N5OS2/c1-6(2)7-5-20-13(17-7)18-11(19)10-8(14)9-12(21-10)16-4-3-15-9/h3-6H,14H2,1-2H3,(H,17,18,19). The number of hydrogen-bond acceptors (Lipinski definition) is 7. The van der Waals surface area contributed by atoms with Crippen LogP contribution in [0.4, 0.5) is 10.8 Å². The van der Waals surface area contributed by atoms with E-state index in [1.54, 1.807) is 12.4 Å². The number of rotatable bonds is 3. The number of anilines is 2. The van der Waals surface area contributed by atoms with Gasteiger partial charge in [-0.2, -0.15) is 0 Å². The highest BCUT2D eigenvalue weighted by Crippen LogP contribution is 2.31. The van der Waals surface area contributed by atoms with Gasteiger partial charge in [-0.15, -0.1) is 22.7 Å². The van der Waals surface area contributed by atoms with Crippen LogP contribution in [-0.2, 0) is 0 Å². The van der Waals surface area contributed by atoms with Crippen LogP contribution in [-0.4, -0.2) is 20.9 Å². The van der Waals surface area contributed by atoms with Gasteiger partial charge in [-0.25, -0.2) is 15.0 Å². The van der Waals surface area contributed by atoms with Crippen molar-refractivity contribution in [2.24, 2.45) is 0 Å². The molecule has 3 aromatic rings. The summed E-state index contributed by atoms with van der Waals surface area (Å²) in [6.45, 7) is 4.12. The highest BCUT2D eigenvalue weighted by Gasteiger charge is 2.19. The maximum absolute atomic E-state index is 12.3. The quantitative estimate of drug-likeness (QED) is 0.773. The molecule has 108 valence electrons. The summed E-state index contributed by atoms with van der Waals surface area (Å²) in [6, 6.07) is 0. The van der Waals surface area contributed by atoms with E-state index in [-0.39, 0.29) is 5.91 Å². The predicted octanol–water partition coefficient (Wildman–Crippen LogP) is 3.11. The zero-order chi connectivity index (χ0) is 15.0. The first kappa shape index (κ1) is 13.9. The number of thiophene rings is 1. The zero-order valence-electron chi connectivity index (χ0n) is 11.5. The number of thiazole rings is 1. The van der Waals surface area contributed by atoms with Crippen molar-refractivity contribution in [2.45, 2.75) is 19.8 Å². The molecule has 0 fully saturated rings. The van der Waals surface area contributed by atoms with Gasteiger partial charge in [0.15, 0.2) is 5.13 Å². The van der Waals surface area contributed by atoms with E-state index in [0.29, 0.717) is 32.0 Å². The molecule has 0 aliphatic heterocycles. The van der Waals surface area contributed by atoms with Gasteiger partial charge in [0.2, 0.25) is 0 Å². The fourth-order valence-electron chi connectivity index (χ4n) is 1.78. The van der Waals surface area contributed by atoms with Crippen molar-refractivity contribution in [1.82, 2.24) is 15.0 Å². The van der Waals surface area contributed by atoms with E-state index < -0.39 is 0 Å². The monoisotopic (exact) mass is 319 g/mol. The minimum absolute atomic E-state index is 0.276. The Hall–Kier alpha value is -2.06. The summed E-state index contributed by atoms with van der Waals surface area (Å²) in [5.74, 6) is 0.0525. The van der Waals surface area contributed by atoms with Crippen molar-refractivity contribution in [3.05, 3.63) is 28.3 Å². The van der Waals surface area contributed by atoms with Crippen LogP contribution in [0.1, 0.15) is 35.1 Å². The number of fused-ring (bicyclic) bond motifs is 1. The second-order valence-electron chi connectivity index (χ2n) is 4.74. The van der Waals surface area contributed by atoms with E-state index in [2.05, 4.69) is 34.1 Å². The molecule has 3 aromatic heterocycles. The van der Waals surface area contributed by atoms with Crippen LogP contribution < -0.4 is 11.1 Å². The normalized spacial score (nSPS) is 11.2. The van der Waals surface area contributed by atoms with E-state index in [1.165, 1.54) is 22.7 Å². The van der Waals surface area contributed by atoms with E-state index in [0.717, 1.165) is 5.69 Å². The molecule has 0 aliphatic carbocycles. The lowest BCUT2D eigenvalue weighted by Crippen LogP contribution is -2.12. The second-order valence-corrected chi connectivity index (χ2v) is 6.60. The molecule has 0 unspecified atom stereocenters. The van der Waals surface area contributed by atoms with Crippen LogP contribution in [0.5, 0.6) is 0 Å². The Morgan fingerprint density at radius 2 is 2.10 bits per heavy atom. The van der Waals surface area contributed by atoms with Crippen molar-refractivity contribution in [2.75, 3.05) is 11.1 Å². The summed E-state index contributed by atoms with van der Waals surface area (Å²) in [4.78, 5) is 26.1. The molecule has 8 heteroatoms. The Morgan fingerprint density at radius 3 is 2.76 bits per heavy atom. The van der Waals surface area contributed by atoms with Gasteiger partial charge in [0.25, 0.3) is 5.91 Å². The molecule has 6 nitrogen and oxygen atoms in total. The molecule has 0 saturated heterocycles. The van der Waals surface area contributed by atoms with Crippen molar-refractivity contribution in [1.29, 1.82) is 0 Å². The van der Waals surface area contributed by atoms with Crippen molar-refractivity contribution in [3.63, 3.8) is 0 Å². The molecule has 0 atom stereocenters. The summed E-state index contributed by atoms with van der Waals surface area (Å²) in [5.41, 5.74) is 7.86. The molecule has 0 spiro atoms. The fraction of sp³-hybridized carbons (Fsp3) is 0.231. The van der Waals surface area contributed by atoms with Crippen molar-refractivity contribution < 1.29 is 4.79 Å². The molecule has 0 radical (unpaired) electrons. The molecule has 0 bridgehead atoms.